The number of nitriles is 1. The van der Waals surface area contributed by atoms with E-state index in [9.17, 15) is 18.0 Å². The molecular weight excluding hydrogens is 335 g/mol. The fourth-order valence-corrected chi connectivity index (χ4v) is 2.11. The molecule has 1 aromatic heterocycles. The molecule has 1 fully saturated rings. The summed E-state index contributed by atoms with van der Waals surface area (Å²) in [5.74, 6) is -0.746. The number of nitrogens with one attached hydrogen (secondary N) is 2. The highest BCUT2D eigenvalue weighted by Gasteiger charge is 2.33. The number of hydrogen-bond acceptors (Lipinski definition) is 5. The Morgan fingerprint density at radius 3 is 2.64 bits per heavy atom. The molecule has 0 unspecified atom stereocenters. The van der Waals surface area contributed by atoms with Gasteiger partial charge in [-0.05, 0) is 37.1 Å². The van der Waals surface area contributed by atoms with E-state index in [0.29, 0.717) is 23.0 Å². The molecule has 128 valence electrons. The Kier molecular flexibility index (Phi) is 4.27. The molecule has 25 heavy (non-hydrogen) atoms. The molecule has 1 amide bonds. The molecule has 2 aromatic rings. The van der Waals surface area contributed by atoms with Gasteiger partial charge in [-0.3, -0.25) is 4.79 Å². The zero-order valence-corrected chi connectivity index (χ0v) is 12.8. The van der Waals surface area contributed by atoms with Crippen molar-refractivity contribution in [3.8, 4) is 6.07 Å². The third-order valence-electron chi connectivity index (χ3n) is 3.54. The first kappa shape index (κ1) is 16.7. The zero-order valence-electron chi connectivity index (χ0n) is 12.8. The summed E-state index contributed by atoms with van der Waals surface area (Å²) < 4.78 is 38.0. The van der Waals surface area contributed by atoms with Gasteiger partial charge in [0, 0.05) is 6.04 Å². The number of aromatic nitrogens is 2. The fraction of sp³-hybridized carbons (Fsp3) is 0.250. The van der Waals surface area contributed by atoms with Crippen LogP contribution in [0.3, 0.4) is 0 Å². The van der Waals surface area contributed by atoms with Gasteiger partial charge in [-0.1, -0.05) is 0 Å². The number of hydrogen-bond donors (Lipinski definition) is 2. The van der Waals surface area contributed by atoms with Crippen LogP contribution in [0, 0.1) is 11.3 Å². The van der Waals surface area contributed by atoms with Gasteiger partial charge in [0.1, 0.15) is 0 Å². The topological polar surface area (TPSA) is 90.7 Å². The fourth-order valence-electron chi connectivity index (χ4n) is 2.11. The normalized spacial score (nSPS) is 13.8. The van der Waals surface area contributed by atoms with Crippen molar-refractivity contribution in [1.82, 2.24) is 10.2 Å². The predicted octanol–water partition coefficient (Wildman–Crippen LogP) is 3.19. The number of halogens is 3. The van der Waals surface area contributed by atoms with Crippen molar-refractivity contribution in [2.75, 3.05) is 10.6 Å². The van der Waals surface area contributed by atoms with E-state index in [1.54, 1.807) is 6.07 Å². The van der Waals surface area contributed by atoms with Crippen molar-refractivity contribution in [1.29, 1.82) is 5.26 Å². The van der Waals surface area contributed by atoms with Gasteiger partial charge in [0.25, 0.3) is 5.91 Å². The lowest BCUT2D eigenvalue weighted by Gasteiger charge is -2.13. The van der Waals surface area contributed by atoms with Crippen LogP contribution in [0.25, 0.3) is 0 Å². The number of amides is 1. The predicted molar refractivity (Wildman–Crippen MR) is 82.8 cm³/mol. The van der Waals surface area contributed by atoms with Crippen LogP contribution in [0.15, 0.2) is 30.5 Å². The largest absolute Gasteiger partial charge is 0.435 e. The van der Waals surface area contributed by atoms with E-state index in [-0.39, 0.29) is 11.6 Å². The first-order chi connectivity index (χ1) is 11.9. The maximum absolute atomic E-state index is 12.7. The molecule has 0 saturated heterocycles. The zero-order chi connectivity index (χ0) is 18.0. The Labute approximate surface area is 140 Å². The Hall–Kier alpha value is -3.15. The maximum Gasteiger partial charge on any atom is 0.435 e. The smallest absolute Gasteiger partial charge is 0.381 e. The molecule has 2 N–H and O–H groups in total. The summed E-state index contributed by atoms with van der Waals surface area (Å²) in [6, 6.07) is 7.53. The standard InChI is InChI=1S/C16H12F3N5O/c17-16(18,19)14-6-10(8-21-24-14)15(25)23-12-4-1-9(7-20)5-13(12)22-11-2-3-11/h1,4-6,8,11,22H,2-3H2,(H,23,25). The van der Waals surface area contributed by atoms with Crippen molar-refractivity contribution >= 4 is 17.3 Å². The van der Waals surface area contributed by atoms with E-state index in [1.165, 1.54) is 12.1 Å². The van der Waals surface area contributed by atoms with Crippen LogP contribution in [-0.2, 0) is 6.18 Å². The van der Waals surface area contributed by atoms with Crippen LogP contribution >= 0.6 is 0 Å². The quantitative estimate of drug-likeness (QED) is 0.886. The molecule has 1 heterocycles. The summed E-state index contributed by atoms with van der Waals surface area (Å²) in [6.45, 7) is 0. The second kappa shape index (κ2) is 6.39. The number of carbonyl (C=O) groups excluding carboxylic acids is 1. The molecule has 1 aromatic carbocycles. The monoisotopic (exact) mass is 347 g/mol. The molecule has 1 saturated carbocycles. The minimum atomic E-state index is -4.68. The molecule has 0 atom stereocenters. The number of carbonyl (C=O) groups is 1. The van der Waals surface area contributed by atoms with Crippen molar-refractivity contribution in [3.63, 3.8) is 0 Å². The van der Waals surface area contributed by atoms with Gasteiger partial charge in [0.2, 0.25) is 0 Å². The molecule has 0 spiro atoms. The summed E-state index contributed by atoms with van der Waals surface area (Å²) in [5.41, 5.74) is -0.166. The van der Waals surface area contributed by atoms with E-state index < -0.39 is 17.8 Å². The summed E-state index contributed by atoms with van der Waals surface area (Å²) >= 11 is 0. The molecule has 1 aliphatic rings. The maximum atomic E-state index is 12.7. The van der Waals surface area contributed by atoms with Crippen LogP contribution in [0.2, 0.25) is 0 Å². The van der Waals surface area contributed by atoms with E-state index in [1.807, 2.05) is 6.07 Å². The van der Waals surface area contributed by atoms with E-state index in [2.05, 4.69) is 20.8 Å². The molecule has 1 aliphatic carbocycles. The minimum absolute atomic E-state index is 0.260. The van der Waals surface area contributed by atoms with Crippen molar-refractivity contribution in [3.05, 3.63) is 47.3 Å². The Morgan fingerprint density at radius 1 is 1.24 bits per heavy atom. The van der Waals surface area contributed by atoms with Gasteiger partial charge in [-0.2, -0.15) is 23.5 Å². The number of anilines is 2. The molecular formula is C16H12F3N5O. The van der Waals surface area contributed by atoms with Gasteiger partial charge < -0.3 is 10.6 Å². The second-order valence-corrected chi connectivity index (χ2v) is 5.57. The van der Waals surface area contributed by atoms with E-state index in [0.717, 1.165) is 19.0 Å². The van der Waals surface area contributed by atoms with Crippen molar-refractivity contribution < 1.29 is 18.0 Å². The highest BCUT2D eigenvalue weighted by molar-refractivity contribution is 6.05. The summed E-state index contributed by atoms with van der Waals surface area (Å²) in [4.78, 5) is 12.3. The van der Waals surface area contributed by atoms with Crippen LogP contribution in [0.1, 0.15) is 34.5 Å². The van der Waals surface area contributed by atoms with E-state index >= 15 is 0 Å². The second-order valence-electron chi connectivity index (χ2n) is 5.57. The third kappa shape index (κ3) is 4.03. The minimum Gasteiger partial charge on any atom is -0.381 e. The Bertz CT molecular complexity index is 856. The number of alkyl halides is 3. The average molecular weight is 347 g/mol. The van der Waals surface area contributed by atoms with Gasteiger partial charge in [0.05, 0.1) is 34.8 Å². The van der Waals surface area contributed by atoms with Gasteiger partial charge in [0.15, 0.2) is 5.69 Å². The summed E-state index contributed by atoms with van der Waals surface area (Å²) in [7, 11) is 0. The average Bonchev–Trinajstić information content (AvgIpc) is 3.39. The highest BCUT2D eigenvalue weighted by atomic mass is 19.4. The summed E-state index contributed by atoms with van der Waals surface area (Å²) in [6.07, 6.45) is -1.76. The number of benzene rings is 1. The lowest BCUT2D eigenvalue weighted by molar-refractivity contribution is -0.141. The molecule has 9 heteroatoms. The van der Waals surface area contributed by atoms with Crippen LogP contribution in [0.4, 0.5) is 24.5 Å². The number of rotatable bonds is 4. The lowest BCUT2D eigenvalue weighted by atomic mass is 10.1. The molecule has 0 bridgehead atoms. The molecule has 6 nitrogen and oxygen atoms in total. The number of nitrogens with zero attached hydrogens (tertiary/aromatic N) is 3. The van der Waals surface area contributed by atoms with Gasteiger partial charge in [-0.25, -0.2) is 0 Å². The third-order valence-corrected chi connectivity index (χ3v) is 3.54. The van der Waals surface area contributed by atoms with E-state index in [4.69, 9.17) is 5.26 Å². The van der Waals surface area contributed by atoms with Gasteiger partial charge >= 0.3 is 6.18 Å². The lowest BCUT2D eigenvalue weighted by Crippen LogP contribution is -2.17. The van der Waals surface area contributed by atoms with Crippen LogP contribution in [0.5, 0.6) is 0 Å². The van der Waals surface area contributed by atoms with Crippen molar-refractivity contribution in [2.24, 2.45) is 0 Å². The Balaban J connectivity index is 1.84. The van der Waals surface area contributed by atoms with Crippen LogP contribution < -0.4 is 10.6 Å². The SMILES string of the molecule is N#Cc1ccc(NC(=O)c2cnnc(C(F)(F)F)c2)c(NC2CC2)c1. The first-order valence-electron chi connectivity index (χ1n) is 7.39. The Morgan fingerprint density at radius 2 is 2.00 bits per heavy atom. The van der Waals surface area contributed by atoms with Crippen LogP contribution in [-0.4, -0.2) is 22.1 Å². The first-order valence-corrected chi connectivity index (χ1v) is 7.39. The molecule has 3 rings (SSSR count). The highest BCUT2D eigenvalue weighted by Crippen LogP contribution is 2.31. The molecule has 0 aliphatic heterocycles. The molecule has 0 radical (unpaired) electrons. The van der Waals surface area contributed by atoms with Crippen molar-refractivity contribution in [2.45, 2.75) is 25.1 Å². The summed E-state index contributed by atoms with van der Waals surface area (Å²) in [5, 5.41) is 20.9. The van der Waals surface area contributed by atoms with Gasteiger partial charge in [-0.15, -0.1) is 5.10 Å².